The summed E-state index contributed by atoms with van der Waals surface area (Å²) in [5.41, 5.74) is -2.41. The maximum Gasteiger partial charge on any atom is 0.416 e. The zero-order chi connectivity index (χ0) is 25.3. The number of hydrogen-bond donors (Lipinski definition) is 1. The van der Waals surface area contributed by atoms with E-state index in [4.69, 9.17) is 0 Å². The summed E-state index contributed by atoms with van der Waals surface area (Å²) in [6.07, 6.45) is -4.53. The van der Waals surface area contributed by atoms with E-state index < -0.39 is 40.8 Å². The third-order valence-electron chi connectivity index (χ3n) is 5.58. The van der Waals surface area contributed by atoms with E-state index in [-0.39, 0.29) is 28.7 Å². The number of fused-ring (bicyclic) bond motifs is 1. The predicted octanol–water partition coefficient (Wildman–Crippen LogP) is 4.19. The molecule has 6 nitrogen and oxygen atoms in total. The van der Waals surface area contributed by atoms with Gasteiger partial charge in [0.05, 0.1) is 22.2 Å². The highest BCUT2D eigenvalue weighted by molar-refractivity contribution is 5.84. The van der Waals surface area contributed by atoms with Gasteiger partial charge in [0.15, 0.2) is 0 Å². The number of amides is 1. The van der Waals surface area contributed by atoms with Gasteiger partial charge in [0, 0.05) is 6.54 Å². The molecule has 35 heavy (non-hydrogen) atoms. The van der Waals surface area contributed by atoms with Gasteiger partial charge in [-0.05, 0) is 48.9 Å². The monoisotopic (exact) mass is 485 g/mol. The Kier molecular flexibility index (Phi) is 6.29. The molecule has 0 aliphatic carbocycles. The van der Waals surface area contributed by atoms with E-state index in [1.807, 2.05) is 0 Å². The van der Waals surface area contributed by atoms with Crippen LogP contribution in [0.25, 0.3) is 16.6 Å². The molecule has 1 amide bonds. The first kappa shape index (κ1) is 23.9. The Morgan fingerprint density at radius 3 is 2.37 bits per heavy atom. The van der Waals surface area contributed by atoms with Crippen molar-refractivity contribution in [3.63, 3.8) is 0 Å². The predicted molar refractivity (Wildman–Crippen MR) is 122 cm³/mol. The Labute approximate surface area is 196 Å². The Hall–Kier alpha value is -4.21. The van der Waals surface area contributed by atoms with E-state index >= 15 is 0 Å². The first-order valence-electron chi connectivity index (χ1n) is 10.5. The van der Waals surface area contributed by atoms with Gasteiger partial charge in [-0.15, -0.1) is 0 Å². The van der Waals surface area contributed by atoms with Crippen molar-refractivity contribution < 1.29 is 22.4 Å². The highest BCUT2D eigenvalue weighted by Gasteiger charge is 2.30. The lowest BCUT2D eigenvalue weighted by atomic mass is 10.1. The van der Waals surface area contributed by atoms with Crippen molar-refractivity contribution in [1.29, 1.82) is 0 Å². The van der Waals surface area contributed by atoms with Crippen LogP contribution in [0.1, 0.15) is 24.1 Å². The molecule has 4 rings (SSSR count). The molecular formula is C25H19F4N3O3. The average molecular weight is 485 g/mol. The molecule has 4 aromatic rings. The lowest BCUT2D eigenvalue weighted by Gasteiger charge is -2.20. The fraction of sp³-hybridized carbons (Fsp3) is 0.160. The number of rotatable bonds is 5. The summed E-state index contributed by atoms with van der Waals surface area (Å²) in [5, 5.41) is 2.62. The number of carbonyl (C=O) groups is 1. The Balaban J connectivity index is 1.74. The minimum Gasteiger partial charge on any atom is -0.350 e. The number of hydrogen-bond acceptors (Lipinski definition) is 3. The number of aromatic nitrogens is 2. The molecular weight excluding hydrogens is 466 g/mol. The van der Waals surface area contributed by atoms with Crippen LogP contribution in [-0.4, -0.2) is 15.0 Å². The Morgan fingerprint density at radius 2 is 1.66 bits per heavy atom. The molecule has 1 N–H and O–H groups in total. The normalized spacial score (nSPS) is 12.5. The summed E-state index contributed by atoms with van der Waals surface area (Å²) < 4.78 is 55.1. The summed E-state index contributed by atoms with van der Waals surface area (Å²) in [5.74, 6) is -1.47. The number of carbonyl (C=O) groups excluding carboxylic acids is 1. The van der Waals surface area contributed by atoms with Gasteiger partial charge >= 0.3 is 11.9 Å². The molecule has 0 saturated carbocycles. The van der Waals surface area contributed by atoms with Crippen molar-refractivity contribution in [2.75, 3.05) is 0 Å². The molecule has 0 bridgehead atoms. The first-order chi connectivity index (χ1) is 16.6. The molecule has 1 unspecified atom stereocenters. The van der Waals surface area contributed by atoms with E-state index in [1.165, 1.54) is 49.4 Å². The summed E-state index contributed by atoms with van der Waals surface area (Å²) in [6.45, 7) is 1.19. The summed E-state index contributed by atoms with van der Waals surface area (Å²) in [4.78, 5) is 39.4. The zero-order valence-electron chi connectivity index (χ0n) is 18.3. The van der Waals surface area contributed by atoms with Crippen LogP contribution < -0.4 is 16.6 Å². The number of nitrogens with one attached hydrogen (secondary N) is 1. The number of nitrogens with zero attached hydrogens (tertiary/aromatic N) is 2. The minimum atomic E-state index is -4.53. The average Bonchev–Trinajstić information content (AvgIpc) is 2.83. The van der Waals surface area contributed by atoms with Gasteiger partial charge in [-0.3, -0.25) is 14.2 Å². The van der Waals surface area contributed by atoms with Crippen LogP contribution in [0.4, 0.5) is 17.6 Å². The van der Waals surface area contributed by atoms with Crippen molar-refractivity contribution in [2.45, 2.75) is 25.7 Å². The maximum absolute atomic E-state index is 14.5. The summed E-state index contributed by atoms with van der Waals surface area (Å²) in [7, 11) is 0. The van der Waals surface area contributed by atoms with Crippen LogP contribution >= 0.6 is 0 Å². The van der Waals surface area contributed by atoms with Crippen LogP contribution in [0.5, 0.6) is 0 Å². The molecule has 0 aliphatic rings. The van der Waals surface area contributed by atoms with Gasteiger partial charge in [0.25, 0.3) is 5.56 Å². The van der Waals surface area contributed by atoms with Crippen LogP contribution in [0, 0.1) is 5.82 Å². The third-order valence-corrected chi connectivity index (χ3v) is 5.58. The highest BCUT2D eigenvalue weighted by atomic mass is 19.4. The van der Waals surface area contributed by atoms with Crippen molar-refractivity contribution >= 4 is 16.8 Å². The van der Waals surface area contributed by atoms with Crippen molar-refractivity contribution in [1.82, 2.24) is 14.5 Å². The smallest absolute Gasteiger partial charge is 0.350 e. The number of alkyl halides is 3. The fourth-order valence-electron chi connectivity index (χ4n) is 3.81. The highest BCUT2D eigenvalue weighted by Crippen LogP contribution is 2.29. The standard InChI is InChI=1S/C25H19F4N3O3/c1-15(22(33)30-14-16-7-6-8-17(13-16)25(27,28)29)31-20-11-4-2-9-18(20)23(34)32(24(31)35)21-12-5-3-10-19(21)26/h2-13,15H,14H2,1H3,(H,30,33). The lowest BCUT2D eigenvalue weighted by molar-refractivity contribution is -0.137. The molecule has 10 heteroatoms. The van der Waals surface area contributed by atoms with E-state index in [0.29, 0.717) is 4.57 Å². The maximum atomic E-state index is 14.5. The van der Waals surface area contributed by atoms with E-state index in [2.05, 4.69) is 5.32 Å². The van der Waals surface area contributed by atoms with Crippen molar-refractivity contribution in [3.8, 4) is 5.69 Å². The quantitative estimate of drug-likeness (QED) is 0.431. The van der Waals surface area contributed by atoms with Crippen LogP contribution in [0.2, 0.25) is 0 Å². The number of para-hydroxylation sites is 2. The second-order valence-electron chi connectivity index (χ2n) is 7.85. The Morgan fingerprint density at radius 1 is 0.971 bits per heavy atom. The molecule has 3 aromatic carbocycles. The second kappa shape index (κ2) is 9.21. The summed E-state index contributed by atoms with van der Waals surface area (Å²) >= 11 is 0. The molecule has 1 aromatic heterocycles. The molecule has 1 atom stereocenters. The van der Waals surface area contributed by atoms with E-state index in [9.17, 15) is 31.9 Å². The lowest BCUT2D eigenvalue weighted by Crippen LogP contribution is -2.43. The molecule has 0 fully saturated rings. The van der Waals surface area contributed by atoms with E-state index in [1.54, 1.807) is 12.1 Å². The van der Waals surface area contributed by atoms with Gasteiger partial charge in [-0.2, -0.15) is 13.2 Å². The molecule has 0 radical (unpaired) electrons. The molecule has 0 aliphatic heterocycles. The van der Waals surface area contributed by atoms with Gasteiger partial charge in [-0.1, -0.05) is 36.4 Å². The zero-order valence-corrected chi connectivity index (χ0v) is 18.3. The number of halogens is 4. The fourth-order valence-corrected chi connectivity index (χ4v) is 3.81. The van der Waals surface area contributed by atoms with Crippen LogP contribution in [-0.2, 0) is 17.5 Å². The summed E-state index contributed by atoms with van der Waals surface area (Å²) in [6, 6.07) is 14.7. The molecule has 0 saturated heterocycles. The number of benzene rings is 3. The third kappa shape index (κ3) is 4.59. The van der Waals surface area contributed by atoms with Crippen LogP contribution in [0.3, 0.4) is 0 Å². The second-order valence-corrected chi connectivity index (χ2v) is 7.85. The largest absolute Gasteiger partial charge is 0.416 e. The van der Waals surface area contributed by atoms with Gasteiger partial charge in [-0.25, -0.2) is 13.8 Å². The molecule has 180 valence electrons. The Bertz CT molecular complexity index is 1540. The van der Waals surface area contributed by atoms with Gasteiger partial charge in [0.1, 0.15) is 11.9 Å². The van der Waals surface area contributed by atoms with Crippen molar-refractivity contribution in [3.05, 3.63) is 111 Å². The first-order valence-corrected chi connectivity index (χ1v) is 10.5. The molecule has 1 heterocycles. The minimum absolute atomic E-state index is 0.0906. The topological polar surface area (TPSA) is 73.1 Å². The van der Waals surface area contributed by atoms with Crippen LogP contribution in [0.15, 0.2) is 82.4 Å². The SMILES string of the molecule is CC(C(=O)NCc1cccc(C(F)(F)F)c1)n1c(=O)n(-c2ccccc2F)c(=O)c2ccccc21. The van der Waals surface area contributed by atoms with Crippen molar-refractivity contribution in [2.24, 2.45) is 0 Å². The van der Waals surface area contributed by atoms with Gasteiger partial charge in [0.2, 0.25) is 5.91 Å². The van der Waals surface area contributed by atoms with Gasteiger partial charge < -0.3 is 5.32 Å². The molecule has 0 spiro atoms. The van der Waals surface area contributed by atoms with E-state index in [0.717, 1.165) is 22.8 Å².